The van der Waals surface area contributed by atoms with Crippen LogP contribution in [0.25, 0.3) is 10.9 Å². The van der Waals surface area contributed by atoms with Gasteiger partial charge in [0.15, 0.2) is 0 Å². The third-order valence-electron chi connectivity index (χ3n) is 4.85. The summed E-state index contributed by atoms with van der Waals surface area (Å²) in [5.41, 5.74) is 1.58. The predicted molar refractivity (Wildman–Crippen MR) is 99.7 cm³/mol. The van der Waals surface area contributed by atoms with E-state index in [1.165, 1.54) is 0 Å². The van der Waals surface area contributed by atoms with Crippen LogP contribution in [0.1, 0.15) is 55.7 Å². The Balaban J connectivity index is 1.83. The molecule has 1 aliphatic heterocycles. The van der Waals surface area contributed by atoms with Crippen LogP contribution in [0.2, 0.25) is 0 Å². The van der Waals surface area contributed by atoms with Crippen molar-refractivity contribution < 1.29 is 19.4 Å². The lowest BCUT2D eigenvalue weighted by atomic mass is 10.0. The molecule has 1 aromatic heterocycles. The Bertz CT molecular complexity index is 839. The topological polar surface area (TPSA) is 71.8 Å². The van der Waals surface area contributed by atoms with E-state index in [4.69, 9.17) is 4.74 Å². The first-order valence-electron chi connectivity index (χ1n) is 9.00. The Morgan fingerprint density at radius 3 is 2.35 bits per heavy atom. The molecule has 0 aliphatic carbocycles. The van der Waals surface area contributed by atoms with Crippen LogP contribution in [0, 0.1) is 6.92 Å². The van der Waals surface area contributed by atoms with Gasteiger partial charge in [-0.1, -0.05) is 18.2 Å². The number of hydrogen-bond donors (Lipinski definition) is 1. The largest absolute Gasteiger partial charge is 0.478 e. The molecule has 0 bridgehead atoms. The number of ether oxygens (including phenoxy) is 1. The van der Waals surface area contributed by atoms with Gasteiger partial charge >= 0.3 is 12.1 Å². The minimum absolute atomic E-state index is 0.173. The molecule has 6 heteroatoms. The van der Waals surface area contributed by atoms with Crippen LogP contribution in [-0.2, 0) is 4.74 Å². The SMILES string of the molecule is Cc1c(C(=O)O)c2ccccc2n1C1CCN(C(=O)OC(C)(C)C)CC1. The van der Waals surface area contributed by atoms with Crippen molar-refractivity contribution in [3.05, 3.63) is 35.5 Å². The highest BCUT2D eigenvalue weighted by molar-refractivity contribution is 6.05. The second kappa shape index (κ2) is 6.67. The third kappa shape index (κ3) is 3.41. The predicted octanol–water partition coefficient (Wildman–Crippen LogP) is 4.22. The number of carbonyl (C=O) groups is 2. The Kier molecular flexibility index (Phi) is 4.69. The van der Waals surface area contributed by atoms with Gasteiger partial charge in [0.25, 0.3) is 0 Å². The molecule has 1 saturated heterocycles. The molecular formula is C20H26N2O4. The van der Waals surface area contributed by atoms with Gasteiger partial charge in [-0.2, -0.15) is 0 Å². The fourth-order valence-electron chi connectivity index (χ4n) is 3.76. The molecule has 0 unspecified atom stereocenters. The van der Waals surface area contributed by atoms with Gasteiger partial charge in [-0.05, 0) is 46.6 Å². The lowest BCUT2D eigenvalue weighted by Gasteiger charge is -2.34. The van der Waals surface area contributed by atoms with Crippen molar-refractivity contribution in [2.75, 3.05) is 13.1 Å². The second-order valence-electron chi connectivity index (χ2n) is 7.85. The first-order chi connectivity index (χ1) is 12.2. The molecule has 0 radical (unpaired) electrons. The number of amides is 1. The number of carboxylic acid groups (broad SMARTS) is 1. The zero-order chi connectivity index (χ0) is 19.1. The molecule has 0 saturated carbocycles. The molecule has 2 aromatic rings. The molecule has 0 atom stereocenters. The molecule has 1 amide bonds. The number of aromatic nitrogens is 1. The fraction of sp³-hybridized carbons (Fsp3) is 0.500. The zero-order valence-electron chi connectivity index (χ0n) is 15.8. The summed E-state index contributed by atoms with van der Waals surface area (Å²) in [5, 5.41) is 10.4. The highest BCUT2D eigenvalue weighted by Crippen LogP contribution is 2.33. The van der Waals surface area contributed by atoms with Crippen LogP contribution in [0.15, 0.2) is 24.3 Å². The number of piperidine rings is 1. The van der Waals surface area contributed by atoms with E-state index in [-0.39, 0.29) is 12.1 Å². The molecule has 6 nitrogen and oxygen atoms in total. The summed E-state index contributed by atoms with van der Waals surface area (Å²) in [6.45, 7) is 8.66. The maximum Gasteiger partial charge on any atom is 0.410 e. The summed E-state index contributed by atoms with van der Waals surface area (Å²) >= 11 is 0. The summed E-state index contributed by atoms with van der Waals surface area (Å²) in [4.78, 5) is 25.7. The van der Waals surface area contributed by atoms with Crippen molar-refractivity contribution in [3.8, 4) is 0 Å². The van der Waals surface area contributed by atoms with Gasteiger partial charge in [0, 0.05) is 35.7 Å². The monoisotopic (exact) mass is 358 g/mol. The van der Waals surface area contributed by atoms with Gasteiger partial charge in [0.1, 0.15) is 5.60 Å². The zero-order valence-corrected chi connectivity index (χ0v) is 15.8. The quantitative estimate of drug-likeness (QED) is 0.872. The lowest BCUT2D eigenvalue weighted by molar-refractivity contribution is 0.0189. The van der Waals surface area contributed by atoms with E-state index in [9.17, 15) is 14.7 Å². The van der Waals surface area contributed by atoms with Crippen LogP contribution < -0.4 is 0 Å². The Morgan fingerprint density at radius 1 is 1.15 bits per heavy atom. The van der Waals surface area contributed by atoms with Gasteiger partial charge in [0.05, 0.1) is 5.56 Å². The number of para-hydroxylation sites is 1. The number of rotatable bonds is 2. The molecule has 2 heterocycles. The second-order valence-corrected chi connectivity index (χ2v) is 7.85. The molecule has 3 rings (SSSR count). The van der Waals surface area contributed by atoms with Crippen molar-refractivity contribution in [2.24, 2.45) is 0 Å². The van der Waals surface area contributed by atoms with Crippen molar-refractivity contribution in [1.82, 2.24) is 9.47 Å². The number of carboxylic acids is 1. The van der Waals surface area contributed by atoms with Crippen LogP contribution >= 0.6 is 0 Å². The smallest absolute Gasteiger partial charge is 0.410 e. The summed E-state index contributed by atoms with van der Waals surface area (Å²) in [6, 6.07) is 7.79. The van der Waals surface area contributed by atoms with E-state index >= 15 is 0 Å². The van der Waals surface area contributed by atoms with Crippen molar-refractivity contribution in [3.63, 3.8) is 0 Å². The maximum atomic E-state index is 12.2. The first-order valence-corrected chi connectivity index (χ1v) is 9.00. The maximum absolute atomic E-state index is 12.2. The average molecular weight is 358 g/mol. The lowest BCUT2D eigenvalue weighted by Crippen LogP contribution is -2.42. The number of likely N-dealkylation sites (tertiary alicyclic amines) is 1. The minimum Gasteiger partial charge on any atom is -0.478 e. The van der Waals surface area contributed by atoms with Gasteiger partial charge in [-0.15, -0.1) is 0 Å². The van der Waals surface area contributed by atoms with Gasteiger partial charge in [-0.25, -0.2) is 9.59 Å². The van der Waals surface area contributed by atoms with Gasteiger partial charge in [-0.3, -0.25) is 0 Å². The van der Waals surface area contributed by atoms with E-state index in [2.05, 4.69) is 4.57 Å². The molecule has 26 heavy (non-hydrogen) atoms. The van der Waals surface area contributed by atoms with E-state index in [1.54, 1.807) is 4.90 Å². The summed E-state index contributed by atoms with van der Waals surface area (Å²) in [5.74, 6) is -0.899. The fourth-order valence-corrected chi connectivity index (χ4v) is 3.76. The third-order valence-corrected chi connectivity index (χ3v) is 4.85. The highest BCUT2D eigenvalue weighted by Gasteiger charge is 2.30. The van der Waals surface area contributed by atoms with Crippen molar-refractivity contribution >= 4 is 23.0 Å². The number of nitrogens with zero attached hydrogens (tertiary/aromatic N) is 2. The van der Waals surface area contributed by atoms with E-state index in [1.807, 2.05) is 52.0 Å². The molecule has 140 valence electrons. The normalized spacial score (nSPS) is 16.1. The summed E-state index contributed by atoms with van der Waals surface area (Å²) < 4.78 is 7.58. The van der Waals surface area contributed by atoms with Crippen LogP contribution in [0.3, 0.4) is 0 Å². The van der Waals surface area contributed by atoms with Gasteiger partial charge < -0.3 is 19.3 Å². The van der Waals surface area contributed by atoms with Crippen LogP contribution in [-0.4, -0.2) is 45.3 Å². The molecule has 1 N–H and O–H groups in total. The average Bonchev–Trinajstić information content (AvgIpc) is 2.85. The number of carbonyl (C=O) groups excluding carboxylic acids is 1. The van der Waals surface area contributed by atoms with E-state index in [0.717, 1.165) is 29.4 Å². The Hall–Kier alpha value is -2.50. The van der Waals surface area contributed by atoms with Crippen molar-refractivity contribution in [2.45, 2.75) is 52.2 Å². The molecule has 0 spiro atoms. The highest BCUT2D eigenvalue weighted by atomic mass is 16.6. The van der Waals surface area contributed by atoms with E-state index < -0.39 is 11.6 Å². The van der Waals surface area contributed by atoms with E-state index in [0.29, 0.717) is 18.7 Å². The van der Waals surface area contributed by atoms with Crippen LogP contribution in [0.5, 0.6) is 0 Å². The number of benzene rings is 1. The van der Waals surface area contributed by atoms with Gasteiger partial charge in [0.2, 0.25) is 0 Å². The Morgan fingerprint density at radius 2 is 1.77 bits per heavy atom. The number of hydrogen-bond acceptors (Lipinski definition) is 3. The minimum atomic E-state index is -0.899. The number of aromatic carboxylic acids is 1. The molecule has 1 aromatic carbocycles. The summed E-state index contributed by atoms with van der Waals surface area (Å²) in [7, 11) is 0. The Labute approximate surface area is 153 Å². The molecular weight excluding hydrogens is 332 g/mol. The first kappa shape index (κ1) is 18.3. The summed E-state index contributed by atoms with van der Waals surface area (Å²) in [6.07, 6.45) is 1.27. The van der Waals surface area contributed by atoms with Crippen LogP contribution in [0.4, 0.5) is 4.79 Å². The number of fused-ring (bicyclic) bond motifs is 1. The van der Waals surface area contributed by atoms with Crippen molar-refractivity contribution in [1.29, 1.82) is 0 Å². The standard InChI is InChI=1S/C20H26N2O4/c1-13-17(18(23)24)15-7-5-6-8-16(15)22(13)14-9-11-21(12-10-14)19(25)26-20(2,3)4/h5-8,14H,9-12H2,1-4H3,(H,23,24). The molecule has 1 aliphatic rings. The molecule has 1 fully saturated rings.